The summed E-state index contributed by atoms with van der Waals surface area (Å²) in [6.07, 6.45) is 10.8. The number of likely N-dealkylation sites (tertiary alicyclic amines) is 3. The molecule has 0 aromatic heterocycles. The van der Waals surface area contributed by atoms with Crippen LogP contribution in [0.15, 0.2) is 42.5 Å². The monoisotopic (exact) mass is 697 g/mol. The van der Waals surface area contributed by atoms with E-state index in [-0.39, 0.29) is 30.3 Å². The fraction of sp³-hybridized carbons (Fsp3) is 0.610. The van der Waals surface area contributed by atoms with Crippen LogP contribution in [0.2, 0.25) is 0 Å². The van der Waals surface area contributed by atoms with Crippen LogP contribution in [0.4, 0.5) is 10.5 Å². The number of fused-ring (bicyclic) bond motifs is 2. The van der Waals surface area contributed by atoms with E-state index in [1.165, 1.54) is 24.0 Å². The summed E-state index contributed by atoms with van der Waals surface area (Å²) in [6.45, 7) is 6.60. The number of anilines is 1. The van der Waals surface area contributed by atoms with Gasteiger partial charge < -0.3 is 25.1 Å². The van der Waals surface area contributed by atoms with Gasteiger partial charge in [0, 0.05) is 50.9 Å². The number of piperidine rings is 3. The van der Waals surface area contributed by atoms with E-state index in [9.17, 15) is 24.3 Å². The predicted octanol–water partition coefficient (Wildman–Crippen LogP) is 5.58. The molecule has 0 radical (unpaired) electrons. The minimum Gasteiger partial charge on any atom is -0.480 e. The fourth-order valence-electron chi connectivity index (χ4n) is 9.51. The number of aryl methyl sites for hydroxylation is 2. The largest absolute Gasteiger partial charge is 0.480 e. The van der Waals surface area contributed by atoms with E-state index in [2.05, 4.69) is 34.5 Å². The van der Waals surface area contributed by atoms with Gasteiger partial charge in [0.15, 0.2) is 0 Å². The van der Waals surface area contributed by atoms with Gasteiger partial charge in [0.2, 0.25) is 11.8 Å². The van der Waals surface area contributed by atoms with Crippen LogP contribution in [-0.2, 0) is 40.2 Å². The Balaban J connectivity index is 0.969. The van der Waals surface area contributed by atoms with Gasteiger partial charge in [0.05, 0.1) is 5.92 Å². The van der Waals surface area contributed by atoms with E-state index in [4.69, 9.17) is 0 Å². The maximum absolute atomic E-state index is 14.3. The first kappa shape index (κ1) is 35.5. The van der Waals surface area contributed by atoms with Crippen molar-refractivity contribution in [1.29, 1.82) is 0 Å². The van der Waals surface area contributed by atoms with Crippen molar-refractivity contribution in [3.8, 4) is 0 Å². The molecule has 0 spiro atoms. The van der Waals surface area contributed by atoms with E-state index in [0.717, 1.165) is 94.4 Å². The maximum Gasteiger partial charge on any atom is 0.322 e. The maximum atomic E-state index is 14.3. The Morgan fingerprint density at radius 1 is 0.804 bits per heavy atom. The number of carbonyl (C=O) groups is 4. The van der Waals surface area contributed by atoms with Gasteiger partial charge in [0.1, 0.15) is 6.04 Å². The molecule has 5 aliphatic rings. The van der Waals surface area contributed by atoms with Gasteiger partial charge in [-0.05, 0) is 131 Å². The summed E-state index contributed by atoms with van der Waals surface area (Å²) < 4.78 is 0. The second kappa shape index (κ2) is 15.8. The van der Waals surface area contributed by atoms with Gasteiger partial charge in [-0.3, -0.25) is 19.3 Å². The summed E-state index contributed by atoms with van der Waals surface area (Å²) in [4.78, 5) is 60.6. The van der Waals surface area contributed by atoms with Crippen molar-refractivity contribution in [2.24, 2.45) is 17.8 Å². The van der Waals surface area contributed by atoms with Crippen molar-refractivity contribution in [3.63, 3.8) is 0 Å². The van der Waals surface area contributed by atoms with Gasteiger partial charge in [0.25, 0.3) is 0 Å². The summed E-state index contributed by atoms with van der Waals surface area (Å²) in [5, 5.41) is 12.5. The molecule has 2 unspecified atom stereocenters. The lowest BCUT2D eigenvalue weighted by Gasteiger charge is -2.42. The zero-order valence-corrected chi connectivity index (χ0v) is 30.2. The Labute approximate surface area is 302 Å². The summed E-state index contributed by atoms with van der Waals surface area (Å²) in [7, 11) is 0. The van der Waals surface area contributed by atoms with Gasteiger partial charge >= 0.3 is 12.0 Å². The standard InChI is InChI=1S/C41H55N5O5/c1-28(40(49)50)43-18-12-31(13-19-43)32-14-20-45(21-15-32)39(48)35(25-29-10-11-30-6-2-3-7-33(30)24-29)26-38(47)44-22-16-36(17-23-44)46-27-34-8-4-5-9-37(34)42-41(46)51/h4-5,8-11,24,28,31-32,35-36H,2-3,6-7,12-23,25-27H2,1H3,(H,42,51)(H,49,50). The van der Waals surface area contributed by atoms with Crippen molar-refractivity contribution in [2.45, 2.75) is 103 Å². The van der Waals surface area contributed by atoms with Crippen LogP contribution >= 0.6 is 0 Å². The lowest BCUT2D eigenvalue weighted by molar-refractivity contribution is -0.143. The van der Waals surface area contributed by atoms with Crippen LogP contribution in [0.25, 0.3) is 0 Å². The average molecular weight is 698 g/mol. The van der Waals surface area contributed by atoms with Crippen LogP contribution in [0.5, 0.6) is 0 Å². The molecule has 2 N–H and O–H groups in total. The van der Waals surface area contributed by atoms with E-state index >= 15 is 0 Å². The number of benzene rings is 2. The number of hydrogen-bond donors (Lipinski definition) is 2. The summed E-state index contributed by atoms with van der Waals surface area (Å²) >= 11 is 0. The number of para-hydroxylation sites is 1. The molecule has 1 aliphatic carbocycles. The Morgan fingerprint density at radius 2 is 1.45 bits per heavy atom. The molecule has 2 atom stereocenters. The molecule has 4 aliphatic heterocycles. The fourth-order valence-corrected chi connectivity index (χ4v) is 9.51. The second-order valence-electron chi connectivity index (χ2n) is 15.8. The Morgan fingerprint density at radius 3 is 2.16 bits per heavy atom. The lowest BCUT2D eigenvalue weighted by Crippen LogP contribution is -2.51. The zero-order chi connectivity index (χ0) is 35.5. The van der Waals surface area contributed by atoms with E-state index in [0.29, 0.717) is 37.9 Å². The van der Waals surface area contributed by atoms with E-state index in [1.54, 1.807) is 6.92 Å². The number of carbonyl (C=O) groups excluding carboxylic acids is 3. The van der Waals surface area contributed by atoms with Gasteiger partial charge in [-0.1, -0.05) is 36.4 Å². The molecule has 7 rings (SSSR count). The van der Waals surface area contributed by atoms with Crippen LogP contribution in [0, 0.1) is 17.8 Å². The number of aliphatic carboxylic acids is 1. The van der Waals surface area contributed by atoms with Crippen molar-refractivity contribution in [3.05, 3.63) is 64.7 Å². The van der Waals surface area contributed by atoms with Gasteiger partial charge in [-0.25, -0.2) is 4.79 Å². The molecule has 2 aromatic carbocycles. The summed E-state index contributed by atoms with van der Waals surface area (Å²) in [5.74, 6) is 0.0955. The third-order valence-electron chi connectivity index (χ3n) is 12.8. The molecule has 2 aromatic rings. The molecule has 10 nitrogen and oxygen atoms in total. The first-order valence-corrected chi connectivity index (χ1v) is 19.5. The van der Waals surface area contributed by atoms with Gasteiger partial charge in [-0.15, -0.1) is 0 Å². The highest BCUT2D eigenvalue weighted by Gasteiger charge is 2.37. The Hall–Kier alpha value is -3.92. The zero-order valence-electron chi connectivity index (χ0n) is 30.2. The minimum absolute atomic E-state index is 0.0374. The summed E-state index contributed by atoms with van der Waals surface area (Å²) in [6, 6.07) is 14.2. The Kier molecular flexibility index (Phi) is 11.0. The molecule has 274 valence electrons. The topological polar surface area (TPSA) is 114 Å². The molecule has 51 heavy (non-hydrogen) atoms. The van der Waals surface area contributed by atoms with Crippen LogP contribution < -0.4 is 5.32 Å². The number of nitrogens with zero attached hydrogens (tertiary/aromatic N) is 4. The van der Waals surface area contributed by atoms with E-state index in [1.807, 2.05) is 32.9 Å². The number of urea groups is 1. The van der Waals surface area contributed by atoms with Crippen molar-refractivity contribution < 1.29 is 24.3 Å². The van der Waals surface area contributed by atoms with Crippen LogP contribution in [0.1, 0.15) is 87.0 Å². The number of carboxylic acid groups (broad SMARTS) is 1. The molecule has 4 amide bonds. The first-order chi connectivity index (χ1) is 24.7. The first-order valence-electron chi connectivity index (χ1n) is 19.5. The predicted molar refractivity (Wildman–Crippen MR) is 196 cm³/mol. The number of nitrogens with one attached hydrogen (secondary N) is 1. The van der Waals surface area contributed by atoms with Crippen molar-refractivity contribution >= 4 is 29.5 Å². The van der Waals surface area contributed by atoms with Crippen LogP contribution in [0.3, 0.4) is 0 Å². The highest BCUT2D eigenvalue weighted by Crippen LogP contribution is 2.34. The molecule has 3 fully saturated rings. The quantitative estimate of drug-likeness (QED) is 0.354. The third-order valence-corrected chi connectivity index (χ3v) is 12.8. The highest BCUT2D eigenvalue weighted by molar-refractivity contribution is 5.92. The normalized spacial score (nSPS) is 22.1. The molecule has 3 saturated heterocycles. The SMILES string of the molecule is CC(C(=O)O)N1CCC(C2CCN(C(=O)C(CC(=O)N3CCC(N4Cc5ccccc5NC4=O)CC3)Cc3ccc4c(c3)CCCC4)CC2)CC1. The molecule has 10 heteroatoms. The minimum atomic E-state index is -0.758. The molecule has 4 heterocycles. The average Bonchev–Trinajstić information content (AvgIpc) is 3.17. The third kappa shape index (κ3) is 8.11. The lowest BCUT2D eigenvalue weighted by atomic mass is 9.78. The number of carboxylic acids is 1. The summed E-state index contributed by atoms with van der Waals surface area (Å²) in [5.41, 5.74) is 5.95. The Bertz CT molecular complexity index is 1590. The molecule has 0 saturated carbocycles. The number of hydrogen-bond acceptors (Lipinski definition) is 5. The number of rotatable bonds is 9. The number of amides is 4. The molecule has 0 bridgehead atoms. The van der Waals surface area contributed by atoms with Crippen molar-refractivity contribution in [1.82, 2.24) is 19.6 Å². The molecular formula is C41H55N5O5. The second-order valence-corrected chi connectivity index (χ2v) is 15.8. The van der Waals surface area contributed by atoms with Crippen molar-refractivity contribution in [2.75, 3.05) is 44.6 Å². The van der Waals surface area contributed by atoms with Crippen LogP contribution in [-0.4, -0.2) is 99.9 Å². The molecular weight excluding hydrogens is 642 g/mol. The smallest absolute Gasteiger partial charge is 0.322 e. The highest BCUT2D eigenvalue weighted by atomic mass is 16.4. The van der Waals surface area contributed by atoms with E-state index < -0.39 is 17.9 Å². The van der Waals surface area contributed by atoms with Gasteiger partial charge in [-0.2, -0.15) is 0 Å².